The van der Waals surface area contributed by atoms with E-state index in [9.17, 15) is 14.4 Å². The van der Waals surface area contributed by atoms with Gasteiger partial charge >= 0.3 is 0 Å². The Hall–Kier alpha value is -5.79. The summed E-state index contributed by atoms with van der Waals surface area (Å²) in [6, 6.07) is 32.7. The number of carbonyl (C=O) groups is 2. The van der Waals surface area contributed by atoms with Gasteiger partial charge in [0.2, 0.25) is 5.56 Å². The molecule has 2 N–H and O–H groups in total. The van der Waals surface area contributed by atoms with Crippen molar-refractivity contribution >= 4 is 83.3 Å². The molecule has 2 saturated heterocycles. The lowest BCUT2D eigenvalue weighted by molar-refractivity contribution is -0.114. The summed E-state index contributed by atoms with van der Waals surface area (Å²) in [5.74, 6) is 1.69. The number of rotatable bonds is 13. The maximum Gasteiger partial charge on any atom is 0.248 e. The average molecular weight is 882 g/mol. The number of carbonyl (C=O) groups excluding carboxylic acids is 2. The minimum Gasteiger partial charge on any atom is -0.494 e. The number of nitrogens with one attached hydrogen (secondary N) is 2. The molecule has 3 aromatic heterocycles. The van der Waals surface area contributed by atoms with Crippen LogP contribution in [0.1, 0.15) is 36.8 Å². The molecule has 12 heteroatoms. The van der Waals surface area contributed by atoms with Crippen LogP contribution >= 0.6 is 22.7 Å². The highest BCUT2D eigenvalue weighted by Crippen LogP contribution is 2.32. The zero-order valence-electron chi connectivity index (χ0n) is 35.6. The third-order valence-corrected chi connectivity index (χ3v) is 13.4. The molecule has 2 aliphatic heterocycles. The first kappa shape index (κ1) is 43.8. The Morgan fingerprint density at radius 1 is 0.651 bits per heavy atom. The number of fused-ring (bicyclic) bond motifs is 4. The lowest BCUT2D eigenvalue weighted by Gasteiger charge is -2.36. The summed E-state index contributed by atoms with van der Waals surface area (Å²) in [4.78, 5) is 43.3. The van der Waals surface area contributed by atoms with Crippen LogP contribution in [0.5, 0.6) is 11.5 Å². The molecule has 5 heterocycles. The highest BCUT2D eigenvalue weighted by molar-refractivity contribution is 7.17. The number of aromatic nitrogens is 1. The number of pyridine rings is 1. The third kappa shape index (κ3) is 11.8. The zero-order valence-corrected chi connectivity index (χ0v) is 37.3. The second-order valence-corrected chi connectivity index (χ2v) is 17.8. The Labute approximate surface area is 376 Å². The predicted molar refractivity (Wildman–Crippen MR) is 262 cm³/mol. The number of hydrogen-bond donors (Lipinski definition) is 2. The fourth-order valence-electron chi connectivity index (χ4n) is 8.25. The highest BCUT2D eigenvalue weighted by Gasteiger charge is 2.19. The van der Waals surface area contributed by atoms with Gasteiger partial charge in [0.1, 0.15) is 17.8 Å². The van der Waals surface area contributed by atoms with E-state index >= 15 is 0 Å². The normalized spacial score (nSPS) is 15.1. The lowest BCUT2D eigenvalue weighted by Crippen LogP contribution is -2.46. The number of thiophene rings is 2. The highest BCUT2D eigenvalue weighted by atomic mass is 32.1. The van der Waals surface area contributed by atoms with Crippen LogP contribution in [0.3, 0.4) is 0 Å². The Morgan fingerprint density at radius 2 is 1.30 bits per heavy atom. The number of anilines is 2. The molecular formula is C51H55N5O5S2. The number of ketones is 1. The Balaban J connectivity index is 0.000000143. The zero-order chi connectivity index (χ0) is 43.2. The van der Waals surface area contributed by atoms with E-state index in [-0.39, 0.29) is 11.3 Å². The van der Waals surface area contributed by atoms with Crippen molar-refractivity contribution < 1.29 is 19.1 Å². The molecule has 0 saturated carbocycles. The van der Waals surface area contributed by atoms with Gasteiger partial charge in [-0.2, -0.15) is 0 Å². The molecular weight excluding hydrogens is 827 g/mol. The molecule has 0 bridgehead atoms. The van der Waals surface area contributed by atoms with E-state index in [1.165, 1.54) is 31.5 Å². The van der Waals surface area contributed by atoms with Gasteiger partial charge < -0.3 is 34.4 Å². The molecule has 0 atom stereocenters. The fourth-order valence-corrected chi connectivity index (χ4v) is 9.86. The van der Waals surface area contributed by atoms with E-state index in [1.807, 2.05) is 71.2 Å². The van der Waals surface area contributed by atoms with Crippen molar-refractivity contribution in [1.29, 1.82) is 0 Å². The number of H-pyrrole nitrogens is 1. The van der Waals surface area contributed by atoms with Gasteiger partial charge in [-0.3, -0.25) is 14.5 Å². The molecule has 0 unspecified atom stereocenters. The first-order chi connectivity index (χ1) is 31.0. The van der Waals surface area contributed by atoms with Gasteiger partial charge in [-0.15, -0.1) is 22.7 Å². The van der Waals surface area contributed by atoms with Gasteiger partial charge in [-0.05, 0) is 126 Å². The SMILES string of the molecule is O=CCCCOc1ccc2c(c1)CC(=O)C=C2.O=c1ccc2ccc(OCCCCN3CCN(c4cccc5sccc45)CC3)cc2[nH]1.c1cc(N2CCNCC2)c2ccsc2c1. The first-order valence-electron chi connectivity index (χ1n) is 22.0. The minimum absolute atomic E-state index is 0.0863. The van der Waals surface area contributed by atoms with E-state index in [0.717, 1.165) is 118 Å². The predicted octanol–water partition coefficient (Wildman–Crippen LogP) is 9.22. The van der Waals surface area contributed by atoms with Crippen LogP contribution in [0.2, 0.25) is 0 Å². The second kappa shape index (κ2) is 22.0. The number of hydrogen-bond acceptors (Lipinski definition) is 11. The van der Waals surface area contributed by atoms with Crippen LogP contribution < -0.4 is 30.1 Å². The molecule has 10 nitrogen and oxygen atoms in total. The van der Waals surface area contributed by atoms with Crippen molar-refractivity contribution in [2.45, 2.75) is 32.1 Å². The van der Waals surface area contributed by atoms with Gasteiger partial charge in [0.05, 0.1) is 18.7 Å². The Kier molecular flexibility index (Phi) is 15.3. The topological polar surface area (TPSA) is 107 Å². The molecule has 2 fully saturated rings. The van der Waals surface area contributed by atoms with Crippen molar-refractivity contribution in [3.8, 4) is 11.5 Å². The molecule has 10 rings (SSSR count). The molecule has 4 aromatic carbocycles. The van der Waals surface area contributed by atoms with Crippen molar-refractivity contribution in [3.05, 3.63) is 135 Å². The van der Waals surface area contributed by atoms with E-state index < -0.39 is 0 Å². The second-order valence-electron chi connectivity index (χ2n) is 15.9. The minimum atomic E-state index is -0.0863. The van der Waals surface area contributed by atoms with Gasteiger partial charge in [-0.1, -0.05) is 24.3 Å². The molecule has 7 aromatic rings. The number of unbranched alkanes of at least 4 members (excludes halogenated alkanes) is 2. The van der Waals surface area contributed by atoms with E-state index in [2.05, 4.69) is 84.3 Å². The van der Waals surface area contributed by atoms with Crippen LogP contribution in [0.4, 0.5) is 11.4 Å². The average Bonchev–Trinajstić information content (AvgIpc) is 4.02. The smallest absolute Gasteiger partial charge is 0.248 e. The maximum absolute atomic E-state index is 11.5. The number of aldehydes is 1. The monoisotopic (exact) mass is 881 g/mol. The molecule has 0 radical (unpaired) electrons. The largest absolute Gasteiger partial charge is 0.494 e. The van der Waals surface area contributed by atoms with E-state index in [4.69, 9.17) is 9.47 Å². The Morgan fingerprint density at radius 3 is 2.02 bits per heavy atom. The van der Waals surface area contributed by atoms with Crippen molar-refractivity contribution in [2.75, 3.05) is 81.9 Å². The lowest BCUT2D eigenvalue weighted by atomic mass is 9.96. The van der Waals surface area contributed by atoms with E-state index in [0.29, 0.717) is 26.1 Å². The number of piperazine rings is 2. The number of nitrogens with zero attached hydrogens (tertiary/aromatic N) is 3. The third-order valence-electron chi connectivity index (χ3n) is 11.6. The summed E-state index contributed by atoms with van der Waals surface area (Å²) in [6.45, 7) is 11.2. The summed E-state index contributed by atoms with van der Waals surface area (Å²) in [5, 5.41) is 11.6. The number of allylic oxidation sites excluding steroid dienone is 1. The van der Waals surface area contributed by atoms with Gasteiger partial charge in [0.25, 0.3) is 0 Å². The maximum atomic E-state index is 11.5. The van der Waals surface area contributed by atoms with Crippen molar-refractivity contribution in [3.63, 3.8) is 0 Å². The summed E-state index contributed by atoms with van der Waals surface area (Å²) < 4.78 is 14.2. The summed E-state index contributed by atoms with van der Waals surface area (Å²) >= 11 is 3.64. The molecule has 1 aliphatic carbocycles. The van der Waals surface area contributed by atoms with Crippen LogP contribution in [0.15, 0.2) is 119 Å². The van der Waals surface area contributed by atoms with Crippen LogP contribution in [-0.2, 0) is 16.0 Å². The Bertz CT molecular complexity index is 2690. The van der Waals surface area contributed by atoms with Crippen LogP contribution in [0, 0.1) is 0 Å². The van der Waals surface area contributed by atoms with Crippen molar-refractivity contribution in [1.82, 2.24) is 15.2 Å². The molecule has 0 amide bonds. The molecule has 326 valence electrons. The van der Waals surface area contributed by atoms with Gasteiger partial charge in [0.15, 0.2) is 5.78 Å². The quantitative estimate of drug-likeness (QED) is 0.0867. The van der Waals surface area contributed by atoms with Crippen molar-refractivity contribution in [2.24, 2.45) is 0 Å². The fraction of sp³-hybridized carbons (Fsp3) is 0.314. The van der Waals surface area contributed by atoms with Gasteiger partial charge in [0, 0.05) is 109 Å². The van der Waals surface area contributed by atoms with E-state index in [1.54, 1.807) is 12.1 Å². The standard InChI is InChI=1S/C25H27N3O2S.C14H14O3.C12H14N2S/c29-25-9-7-19-6-8-20(18-22(19)26-25)30-16-2-1-11-27-12-14-28(15-13-27)23-4-3-5-24-21(23)10-17-31-24;15-7-1-2-8-17-14-6-4-11-3-5-13(16)9-12(11)10-14;1-2-11(14-7-5-13-6-8-14)10-4-9-15-12(10)3-1/h3-10,17-18H,1-2,11-16H2,(H,26,29);3-7,10H,1-2,8-9H2;1-4,9,13H,5-8H2. The summed E-state index contributed by atoms with van der Waals surface area (Å²) in [6.07, 6.45) is 8.16. The van der Waals surface area contributed by atoms with Crippen LogP contribution in [-0.4, -0.2) is 94.1 Å². The molecule has 0 spiro atoms. The van der Waals surface area contributed by atoms with Gasteiger partial charge in [-0.25, -0.2) is 0 Å². The van der Waals surface area contributed by atoms with Crippen LogP contribution in [0.25, 0.3) is 37.2 Å². The number of ether oxygens (including phenoxy) is 2. The number of benzene rings is 4. The number of aromatic amines is 1. The summed E-state index contributed by atoms with van der Waals surface area (Å²) in [7, 11) is 0. The molecule has 63 heavy (non-hydrogen) atoms. The first-order valence-corrected chi connectivity index (χ1v) is 23.8. The summed E-state index contributed by atoms with van der Waals surface area (Å²) in [5.41, 5.74) is 5.59. The molecule has 3 aliphatic rings.